The predicted molar refractivity (Wildman–Crippen MR) is 72.9 cm³/mol. The van der Waals surface area contributed by atoms with Crippen LogP contribution < -0.4 is 0 Å². The highest BCUT2D eigenvalue weighted by Gasteiger charge is 2.19. The molecule has 19 heavy (non-hydrogen) atoms. The van der Waals surface area contributed by atoms with E-state index in [4.69, 9.17) is 10.00 Å². The first-order valence-corrected chi connectivity index (χ1v) is 6.84. The van der Waals surface area contributed by atoms with Gasteiger partial charge in [-0.2, -0.15) is 5.26 Å². The summed E-state index contributed by atoms with van der Waals surface area (Å²) in [5.41, 5.74) is 1.18. The normalized spacial score (nSPS) is 22.7. The third-order valence-corrected chi connectivity index (χ3v) is 3.75. The Labute approximate surface area is 114 Å². The monoisotopic (exact) mass is 257 g/mol. The summed E-state index contributed by atoms with van der Waals surface area (Å²) in [4.78, 5) is 11.9. The van der Waals surface area contributed by atoms with Gasteiger partial charge in [0.2, 0.25) is 0 Å². The van der Waals surface area contributed by atoms with Crippen LogP contribution in [-0.4, -0.2) is 18.5 Å². The van der Waals surface area contributed by atoms with Crippen LogP contribution in [0.1, 0.15) is 48.5 Å². The molecule has 1 saturated carbocycles. The van der Waals surface area contributed by atoms with E-state index in [9.17, 15) is 4.79 Å². The van der Waals surface area contributed by atoms with Crippen LogP contribution >= 0.6 is 0 Å². The highest BCUT2D eigenvalue weighted by atomic mass is 16.5. The second-order valence-electron chi connectivity index (χ2n) is 5.31. The van der Waals surface area contributed by atoms with E-state index >= 15 is 0 Å². The van der Waals surface area contributed by atoms with Crippen LogP contribution in [0.2, 0.25) is 0 Å². The van der Waals surface area contributed by atoms with Gasteiger partial charge in [-0.3, -0.25) is 4.79 Å². The van der Waals surface area contributed by atoms with Crippen molar-refractivity contribution >= 4 is 5.78 Å². The highest BCUT2D eigenvalue weighted by molar-refractivity contribution is 5.97. The summed E-state index contributed by atoms with van der Waals surface area (Å²) in [6, 6.07) is 8.74. The van der Waals surface area contributed by atoms with Gasteiger partial charge in [0, 0.05) is 5.56 Å². The SMILES string of the molecule is CC1CCC(OCC(=O)c2ccc(C#N)cc2)CC1. The van der Waals surface area contributed by atoms with Gasteiger partial charge in [0.1, 0.15) is 6.61 Å². The van der Waals surface area contributed by atoms with E-state index in [1.807, 2.05) is 6.07 Å². The average molecular weight is 257 g/mol. The zero-order valence-electron chi connectivity index (χ0n) is 11.3. The summed E-state index contributed by atoms with van der Waals surface area (Å²) in [5.74, 6) is 0.775. The Balaban J connectivity index is 1.82. The number of benzene rings is 1. The molecule has 1 fully saturated rings. The second-order valence-corrected chi connectivity index (χ2v) is 5.31. The first kappa shape index (κ1) is 13.8. The minimum Gasteiger partial charge on any atom is -0.370 e. The van der Waals surface area contributed by atoms with E-state index in [2.05, 4.69) is 6.92 Å². The number of carbonyl (C=O) groups is 1. The number of ketones is 1. The van der Waals surface area contributed by atoms with Gasteiger partial charge >= 0.3 is 0 Å². The molecule has 3 heteroatoms. The maximum absolute atomic E-state index is 11.9. The number of Topliss-reactive ketones (excluding diaryl/α,β-unsaturated/α-hetero) is 1. The number of rotatable bonds is 4. The van der Waals surface area contributed by atoms with Gasteiger partial charge in [-0.25, -0.2) is 0 Å². The van der Waals surface area contributed by atoms with Crippen molar-refractivity contribution in [2.75, 3.05) is 6.61 Å². The molecule has 0 heterocycles. The fourth-order valence-electron chi connectivity index (χ4n) is 2.40. The Bertz CT molecular complexity index is 465. The quantitative estimate of drug-likeness (QED) is 0.777. The zero-order valence-corrected chi connectivity index (χ0v) is 11.3. The van der Waals surface area contributed by atoms with Crippen molar-refractivity contribution in [2.45, 2.75) is 38.7 Å². The summed E-state index contributed by atoms with van der Waals surface area (Å²) in [7, 11) is 0. The molecule has 1 aromatic rings. The molecule has 0 amide bonds. The van der Waals surface area contributed by atoms with Crippen LogP contribution in [0.3, 0.4) is 0 Å². The summed E-state index contributed by atoms with van der Waals surface area (Å²) < 4.78 is 5.69. The lowest BCUT2D eigenvalue weighted by atomic mass is 9.89. The van der Waals surface area contributed by atoms with Crippen LogP contribution in [0.4, 0.5) is 0 Å². The molecule has 100 valence electrons. The van der Waals surface area contributed by atoms with E-state index in [-0.39, 0.29) is 18.5 Å². The Morgan fingerprint density at radius 3 is 2.47 bits per heavy atom. The molecule has 0 saturated heterocycles. The Kier molecular flexibility index (Phi) is 4.70. The summed E-state index contributed by atoms with van der Waals surface area (Å²) >= 11 is 0. The van der Waals surface area contributed by atoms with Crippen LogP contribution in [0, 0.1) is 17.2 Å². The molecule has 2 rings (SSSR count). The molecule has 0 N–H and O–H groups in total. The predicted octanol–water partition coefficient (Wildman–Crippen LogP) is 3.34. The topological polar surface area (TPSA) is 50.1 Å². The maximum atomic E-state index is 11.9. The number of nitrogens with zero attached hydrogens (tertiary/aromatic N) is 1. The number of hydrogen-bond acceptors (Lipinski definition) is 3. The molecule has 0 aromatic heterocycles. The Morgan fingerprint density at radius 2 is 1.89 bits per heavy atom. The lowest BCUT2D eigenvalue weighted by Crippen LogP contribution is -2.23. The first-order valence-electron chi connectivity index (χ1n) is 6.84. The molecule has 0 atom stereocenters. The maximum Gasteiger partial charge on any atom is 0.188 e. The third kappa shape index (κ3) is 3.90. The van der Waals surface area contributed by atoms with Gasteiger partial charge in [0.15, 0.2) is 5.78 Å². The molecule has 0 aliphatic heterocycles. The van der Waals surface area contributed by atoms with Gasteiger partial charge < -0.3 is 4.74 Å². The fourth-order valence-corrected chi connectivity index (χ4v) is 2.40. The van der Waals surface area contributed by atoms with Gasteiger partial charge in [0.25, 0.3) is 0 Å². The van der Waals surface area contributed by atoms with Crippen molar-refractivity contribution in [1.29, 1.82) is 5.26 Å². The van der Waals surface area contributed by atoms with Crippen LogP contribution in [0.5, 0.6) is 0 Å². The number of ether oxygens (including phenoxy) is 1. The minimum absolute atomic E-state index is 0.0110. The number of nitriles is 1. The van der Waals surface area contributed by atoms with Crippen molar-refractivity contribution in [3.8, 4) is 6.07 Å². The Hall–Kier alpha value is -1.66. The van der Waals surface area contributed by atoms with Gasteiger partial charge in [-0.05, 0) is 43.7 Å². The zero-order chi connectivity index (χ0) is 13.7. The lowest BCUT2D eigenvalue weighted by Gasteiger charge is -2.25. The van der Waals surface area contributed by atoms with Crippen molar-refractivity contribution in [3.05, 3.63) is 35.4 Å². The number of hydrogen-bond donors (Lipinski definition) is 0. The fraction of sp³-hybridized carbons (Fsp3) is 0.500. The van der Waals surface area contributed by atoms with Crippen molar-refractivity contribution in [1.82, 2.24) is 0 Å². The summed E-state index contributed by atoms with van der Waals surface area (Å²) in [5, 5.41) is 8.70. The molecule has 1 aliphatic carbocycles. The molecule has 0 bridgehead atoms. The van der Waals surface area contributed by atoms with E-state index in [0.717, 1.165) is 18.8 Å². The molecule has 1 aromatic carbocycles. The van der Waals surface area contributed by atoms with Crippen LogP contribution in [0.15, 0.2) is 24.3 Å². The molecule has 3 nitrogen and oxygen atoms in total. The largest absolute Gasteiger partial charge is 0.370 e. The molecule has 0 spiro atoms. The second kappa shape index (κ2) is 6.49. The standard InChI is InChI=1S/C16H19NO2/c1-12-2-8-15(9-3-12)19-11-16(18)14-6-4-13(10-17)5-7-14/h4-7,12,15H,2-3,8-9,11H2,1H3. The van der Waals surface area contributed by atoms with Crippen molar-refractivity contribution < 1.29 is 9.53 Å². The third-order valence-electron chi connectivity index (χ3n) is 3.75. The minimum atomic E-state index is -0.0110. The summed E-state index contributed by atoms with van der Waals surface area (Å²) in [6.07, 6.45) is 4.73. The van der Waals surface area contributed by atoms with E-state index in [1.165, 1.54) is 12.8 Å². The Morgan fingerprint density at radius 1 is 1.26 bits per heavy atom. The summed E-state index contributed by atoms with van der Waals surface area (Å²) in [6.45, 7) is 2.41. The van der Waals surface area contributed by atoms with E-state index in [0.29, 0.717) is 11.1 Å². The lowest BCUT2D eigenvalue weighted by molar-refractivity contribution is 0.0217. The van der Waals surface area contributed by atoms with E-state index < -0.39 is 0 Å². The highest BCUT2D eigenvalue weighted by Crippen LogP contribution is 2.25. The van der Waals surface area contributed by atoms with Gasteiger partial charge in [-0.15, -0.1) is 0 Å². The first-order chi connectivity index (χ1) is 9.19. The van der Waals surface area contributed by atoms with Gasteiger partial charge in [0.05, 0.1) is 17.7 Å². The van der Waals surface area contributed by atoms with Crippen molar-refractivity contribution in [3.63, 3.8) is 0 Å². The van der Waals surface area contributed by atoms with Crippen molar-refractivity contribution in [2.24, 2.45) is 5.92 Å². The number of carbonyl (C=O) groups excluding carboxylic acids is 1. The van der Waals surface area contributed by atoms with Crippen LogP contribution in [0.25, 0.3) is 0 Å². The smallest absolute Gasteiger partial charge is 0.188 e. The molecular formula is C16H19NO2. The average Bonchev–Trinajstić information content (AvgIpc) is 2.46. The molecule has 1 aliphatic rings. The molecule has 0 radical (unpaired) electrons. The molecule has 0 unspecified atom stereocenters. The van der Waals surface area contributed by atoms with E-state index in [1.54, 1.807) is 24.3 Å². The van der Waals surface area contributed by atoms with Crippen LogP contribution in [-0.2, 0) is 4.74 Å². The molecular weight excluding hydrogens is 238 g/mol. The van der Waals surface area contributed by atoms with Gasteiger partial charge in [-0.1, -0.05) is 19.1 Å².